The minimum absolute atomic E-state index is 0.107. The second-order valence-electron chi connectivity index (χ2n) is 12.2. The molecule has 0 unspecified atom stereocenters. The summed E-state index contributed by atoms with van der Waals surface area (Å²) in [7, 11) is 1.33. The Morgan fingerprint density at radius 2 is 1.46 bits per heavy atom. The molecule has 0 bridgehead atoms. The topological polar surface area (TPSA) is 138 Å². The smallest absolute Gasteiger partial charge is 0.227 e. The highest BCUT2D eigenvalue weighted by Crippen LogP contribution is 2.47. The van der Waals surface area contributed by atoms with Crippen LogP contribution in [0.1, 0.15) is 35.6 Å². The molecular weight excluding hydrogens is 624 g/mol. The SMILES string of the molecule is CO[C@H]1O[C@H](COc2cccc(-c3ccc([C@@]4(c5ccc(F)cc5)NC(=O)[C@@H]4CC[C@H](O)c4ccc(F)cc4)cc3)c2)[C@@H](O)[C@H](O)[C@H]1O. The number of hydrogen-bond acceptors (Lipinski definition) is 8. The molecule has 2 saturated heterocycles. The summed E-state index contributed by atoms with van der Waals surface area (Å²) < 4.78 is 43.9. The molecule has 0 saturated carbocycles. The van der Waals surface area contributed by atoms with E-state index in [4.69, 9.17) is 14.2 Å². The number of ether oxygens (including phenoxy) is 3. The summed E-state index contributed by atoms with van der Waals surface area (Å²) in [4.78, 5) is 13.1. The summed E-state index contributed by atoms with van der Waals surface area (Å²) in [5, 5.41) is 44.4. The summed E-state index contributed by atoms with van der Waals surface area (Å²) in [6.45, 7) is -0.107. The van der Waals surface area contributed by atoms with Crippen molar-refractivity contribution < 1.29 is 48.2 Å². The number of methoxy groups -OCH3 is 1. The summed E-state index contributed by atoms with van der Waals surface area (Å²) in [5.41, 5.74) is 2.74. The number of carbonyl (C=O) groups is 1. The van der Waals surface area contributed by atoms with Gasteiger partial charge in [-0.05, 0) is 77.1 Å². The molecule has 0 spiro atoms. The molecular formula is C37H37F2NO8. The standard InChI is InChI=1S/C37H37F2NO8/c1-46-36-34(44)33(43)32(42)31(48-36)20-47-28-4-2-3-23(19-28)21-5-9-24(10-6-21)37(25-11-15-27(39)16-12-25)29(35(45)40-37)17-18-30(41)22-7-13-26(38)14-8-22/h2-16,19,29-34,36,41-44H,17-18,20H2,1H3,(H,40,45)/t29-,30-,31+,32+,33-,34+,36-,37-/m0/s1. The van der Waals surface area contributed by atoms with Crippen LogP contribution in [0.15, 0.2) is 97.1 Å². The first-order valence-corrected chi connectivity index (χ1v) is 15.7. The maximum atomic E-state index is 14.0. The Labute approximate surface area is 276 Å². The van der Waals surface area contributed by atoms with Crippen molar-refractivity contribution >= 4 is 5.91 Å². The number of carbonyl (C=O) groups excluding carboxylic acids is 1. The highest BCUT2D eigenvalue weighted by molar-refractivity contribution is 5.90. The van der Waals surface area contributed by atoms with E-state index in [-0.39, 0.29) is 18.9 Å². The Morgan fingerprint density at radius 3 is 2.08 bits per heavy atom. The Kier molecular flexibility index (Phi) is 9.88. The first kappa shape index (κ1) is 33.7. The fourth-order valence-corrected chi connectivity index (χ4v) is 6.56. The molecule has 2 aliphatic heterocycles. The quantitative estimate of drug-likeness (QED) is 0.152. The number of benzene rings is 4. The third-order valence-corrected chi connectivity index (χ3v) is 9.27. The van der Waals surface area contributed by atoms with Gasteiger partial charge in [0.05, 0.1) is 12.0 Å². The van der Waals surface area contributed by atoms with Crippen molar-refractivity contribution in [2.24, 2.45) is 5.92 Å². The predicted octanol–water partition coefficient (Wildman–Crippen LogP) is 3.97. The van der Waals surface area contributed by atoms with Crippen LogP contribution in [0.25, 0.3) is 11.1 Å². The number of halogens is 2. The van der Waals surface area contributed by atoms with Crippen LogP contribution in [0.3, 0.4) is 0 Å². The Balaban J connectivity index is 1.21. The largest absolute Gasteiger partial charge is 0.491 e. The number of nitrogens with one attached hydrogen (secondary N) is 1. The summed E-state index contributed by atoms with van der Waals surface area (Å²) in [6, 6.07) is 26.5. The van der Waals surface area contributed by atoms with Crippen molar-refractivity contribution in [3.05, 3.63) is 125 Å². The second kappa shape index (κ2) is 14.1. The van der Waals surface area contributed by atoms with Gasteiger partial charge in [0.15, 0.2) is 6.29 Å². The lowest BCUT2D eigenvalue weighted by Crippen LogP contribution is -2.67. The van der Waals surface area contributed by atoms with Gasteiger partial charge in [0.1, 0.15) is 53.9 Å². The highest BCUT2D eigenvalue weighted by Gasteiger charge is 2.55. The normalized spacial score (nSPS) is 27.5. The molecule has 48 heavy (non-hydrogen) atoms. The molecule has 0 radical (unpaired) electrons. The molecule has 0 aromatic heterocycles. The van der Waals surface area contributed by atoms with Gasteiger partial charge in [-0.3, -0.25) is 4.79 Å². The average molecular weight is 662 g/mol. The Bertz CT molecular complexity index is 1700. The van der Waals surface area contributed by atoms with Crippen molar-refractivity contribution in [3.63, 3.8) is 0 Å². The Hall–Kier alpha value is -4.23. The molecule has 252 valence electrons. The zero-order chi connectivity index (χ0) is 34.0. The second-order valence-corrected chi connectivity index (χ2v) is 12.2. The minimum Gasteiger partial charge on any atom is -0.491 e. The average Bonchev–Trinajstić information content (AvgIpc) is 3.10. The molecule has 4 aromatic rings. The van der Waals surface area contributed by atoms with Crippen LogP contribution in [0.2, 0.25) is 0 Å². The van der Waals surface area contributed by atoms with E-state index in [1.54, 1.807) is 18.2 Å². The number of amides is 1. The number of aliphatic hydroxyl groups excluding tert-OH is 4. The van der Waals surface area contributed by atoms with Crippen LogP contribution in [0.5, 0.6) is 5.75 Å². The zero-order valence-corrected chi connectivity index (χ0v) is 26.1. The first-order valence-electron chi connectivity index (χ1n) is 15.7. The van der Waals surface area contributed by atoms with Gasteiger partial charge in [0.2, 0.25) is 5.91 Å². The molecule has 6 rings (SSSR count). The van der Waals surface area contributed by atoms with E-state index in [9.17, 15) is 34.0 Å². The van der Waals surface area contributed by atoms with E-state index < -0.39 is 59.9 Å². The van der Waals surface area contributed by atoms with Crippen molar-refractivity contribution in [2.45, 2.75) is 55.2 Å². The third kappa shape index (κ3) is 6.57. The number of rotatable bonds is 11. The molecule has 9 nitrogen and oxygen atoms in total. The van der Waals surface area contributed by atoms with Crippen LogP contribution >= 0.6 is 0 Å². The third-order valence-electron chi connectivity index (χ3n) is 9.27. The fourth-order valence-electron chi connectivity index (χ4n) is 6.56. The van der Waals surface area contributed by atoms with Gasteiger partial charge in [0, 0.05) is 7.11 Å². The molecule has 0 aliphatic carbocycles. The molecule has 2 aliphatic rings. The van der Waals surface area contributed by atoms with Gasteiger partial charge in [0.25, 0.3) is 0 Å². The monoisotopic (exact) mass is 661 g/mol. The van der Waals surface area contributed by atoms with E-state index in [2.05, 4.69) is 5.32 Å². The van der Waals surface area contributed by atoms with Gasteiger partial charge >= 0.3 is 0 Å². The Morgan fingerprint density at radius 1 is 0.833 bits per heavy atom. The number of aliphatic hydroxyl groups is 4. The van der Waals surface area contributed by atoms with Gasteiger partial charge in [-0.25, -0.2) is 8.78 Å². The van der Waals surface area contributed by atoms with E-state index in [1.165, 1.54) is 43.5 Å². The first-order chi connectivity index (χ1) is 23.1. The fraction of sp³-hybridized carbons (Fsp3) is 0.324. The lowest BCUT2D eigenvalue weighted by molar-refractivity contribution is -0.293. The molecule has 1 amide bonds. The van der Waals surface area contributed by atoms with Crippen LogP contribution < -0.4 is 10.1 Å². The molecule has 11 heteroatoms. The van der Waals surface area contributed by atoms with Crippen molar-refractivity contribution in [1.82, 2.24) is 5.32 Å². The van der Waals surface area contributed by atoms with Crippen LogP contribution in [0, 0.1) is 17.6 Å². The van der Waals surface area contributed by atoms with Gasteiger partial charge in [-0.2, -0.15) is 0 Å². The van der Waals surface area contributed by atoms with E-state index in [0.29, 0.717) is 23.3 Å². The van der Waals surface area contributed by atoms with Crippen LogP contribution in [-0.4, -0.2) is 70.8 Å². The van der Waals surface area contributed by atoms with Crippen molar-refractivity contribution in [3.8, 4) is 16.9 Å². The molecule has 4 aromatic carbocycles. The van der Waals surface area contributed by atoms with Crippen molar-refractivity contribution in [1.29, 1.82) is 0 Å². The lowest BCUT2D eigenvalue weighted by Gasteiger charge is -2.50. The summed E-state index contributed by atoms with van der Waals surface area (Å²) in [5.74, 6) is -1.08. The highest BCUT2D eigenvalue weighted by atomic mass is 19.1. The maximum absolute atomic E-state index is 14.0. The van der Waals surface area contributed by atoms with E-state index in [0.717, 1.165) is 16.7 Å². The maximum Gasteiger partial charge on any atom is 0.227 e. The predicted molar refractivity (Wildman–Crippen MR) is 170 cm³/mol. The molecule has 2 heterocycles. The molecule has 8 atom stereocenters. The van der Waals surface area contributed by atoms with E-state index in [1.807, 2.05) is 42.5 Å². The molecule has 5 N–H and O–H groups in total. The van der Waals surface area contributed by atoms with Crippen LogP contribution in [-0.2, 0) is 19.8 Å². The lowest BCUT2D eigenvalue weighted by atomic mass is 9.64. The van der Waals surface area contributed by atoms with Gasteiger partial charge < -0.3 is 40.0 Å². The van der Waals surface area contributed by atoms with E-state index >= 15 is 0 Å². The summed E-state index contributed by atoms with van der Waals surface area (Å²) in [6.07, 6.45) is -6.60. The minimum atomic E-state index is -1.46. The summed E-state index contributed by atoms with van der Waals surface area (Å²) >= 11 is 0. The van der Waals surface area contributed by atoms with Crippen molar-refractivity contribution in [2.75, 3.05) is 13.7 Å². The number of hydrogen-bond donors (Lipinski definition) is 5. The van der Waals surface area contributed by atoms with Gasteiger partial charge in [-0.15, -0.1) is 0 Å². The molecule has 2 fully saturated rings. The van der Waals surface area contributed by atoms with Gasteiger partial charge in [-0.1, -0.05) is 60.7 Å². The number of β-lactam (4-membered cyclic amide) rings is 1. The van der Waals surface area contributed by atoms with Crippen LogP contribution in [0.4, 0.5) is 8.78 Å². The zero-order valence-electron chi connectivity index (χ0n) is 26.1.